The van der Waals surface area contributed by atoms with Crippen LogP contribution in [0.1, 0.15) is 0 Å². The molecule has 0 saturated heterocycles. The van der Waals surface area contributed by atoms with Crippen molar-refractivity contribution >= 4 is 18.1 Å². The van der Waals surface area contributed by atoms with Gasteiger partial charge in [0.2, 0.25) is 0 Å². The number of nitrogens with zero attached hydrogens (tertiary/aromatic N) is 2. The number of primary amides is 1. The lowest BCUT2D eigenvalue weighted by Gasteiger charge is -2.00. The van der Waals surface area contributed by atoms with Gasteiger partial charge < -0.3 is 26.5 Å². The predicted molar refractivity (Wildman–Crippen MR) is 44.8 cm³/mol. The van der Waals surface area contributed by atoms with Crippen molar-refractivity contribution in [3.63, 3.8) is 0 Å². The molecule has 0 bridgehead atoms. The van der Waals surface area contributed by atoms with Crippen molar-refractivity contribution in [1.82, 2.24) is 15.5 Å². The highest BCUT2D eigenvalue weighted by molar-refractivity contribution is 5.71. The molecule has 0 radical (unpaired) electrons. The van der Waals surface area contributed by atoms with Crippen molar-refractivity contribution in [2.45, 2.75) is 0 Å². The monoisotopic (exact) mass is 186 g/mol. The maximum absolute atomic E-state index is 10.2. The lowest BCUT2D eigenvalue weighted by Crippen LogP contribution is -2.33. The van der Waals surface area contributed by atoms with E-state index < -0.39 is 6.03 Å². The van der Waals surface area contributed by atoms with Crippen LogP contribution in [-0.2, 0) is 0 Å². The van der Waals surface area contributed by atoms with Gasteiger partial charge >= 0.3 is 18.1 Å². The van der Waals surface area contributed by atoms with Crippen molar-refractivity contribution in [3.8, 4) is 0 Å². The lowest BCUT2D eigenvalue weighted by molar-refractivity contribution is 0.249. The topological polar surface area (TPSA) is 132 Å². The van der Waals surface area contributed by atoms with Crippen LogP contribution in [0.25, 0.3) is 0 Å². The summed E-state index contributed by atoms with van der Waals surface area (Å²) in [5.41, 5.74) is 9.99. The van der Waals surface area contributed by atoms with Crippen LogP contribution in [0.2, 0.25) is 0 Å². The van der Waals surface area contributed by atoms with Crippen LogP contribution in [0.5, 0.6) is 0 Å². The fourth-order valence-electron chi connectivity index (χ4n) is 0.661. The molecule has 0 fully saturated rings. The van der Waals surface area contributed by atoms with Crippen molar-refractivity contribution in [1.29, 1.82) is 0 Å². The second kappa shape index (κ2) is 4.14. The zero-order valence-electron chi connectivity index (χ0n) is 6.78. The molecular weight excluding hydrogens is 176 g/mol. The summed E-state index contributed by atoms with van der Waals surface area (Å²) in [5.74, 6) is 0. The van der Waals surface area contributed by atoms with Gasteiger partial charge in [0.25, 0.3) is 0 Å². The lowest BCUT2D eigenvalue weighted by atomic mass is 10.6. The van der Waals surface area contributed by atoms with Gasteiger partial charge in [-0.2, -0.15) is 0 Å². The maximum Gasteiger partial charge on any atom is 0.316 e. The number of nitrogens with two attached hydrogens (primary N) is 2. The zero-order valence-corrected chi connectivity index (χ0v) is 6.78. The van der Waals surface area contributed by atoms with Gasteiger partial charge in [0.05, 0.1) is 0 Å². The van der Waals surface area contributed by atoms with Gasteiger partial charge in [0.15, 0.2) is 0 Å². The highest BCUT2D eigenvalue weighted by Gasteiger charge is 2.00. The minimum atomic E-state index is -0.577. The third-order valence-electron chi connectivity index (χ3n) is 1.14. The van der Waals surface area contributed by atoms with E-state index in [0.717, 1.165) is 0 Å². The molecule has 6 N–H and O–H groups in total. The summed E-state index contributed by atoms with van der Waals surface area (Å²) in [6.07, 6.45) is 0. The normalized spacial score (nSPS) is 9.54. The van der Waals surface area contributed by atoms with Gasteiger partial charge in [-0.1, -0.05) is 10.2 Å². The molecule has 2 amide bonds. The van der Waals surface area contributed by atoms with E-state index in [2.05, 4.69) is 20.8 Å². The third-order valence-corrected chi connectivity index (χ3v) is 1.14. The Labute approximate surface area is 73.7 Å². The zero-order chi connectivity index (χ0) is 9.68. The van der Waals surface area contributed by atoms with Crippen LogP contribution < -0.4 is 22.1 Å². The van der Waals surface area contributed by atoms with E-state index in [1.807, 2.05) is 0 Å². The Hall–Kier alpha value is -1.99. The third kappa shape index (κ3) is 3.27. The summed E-state index contributed by atoms with van der Waals surface area (Å²) >= 11 is 0. The Morgan fingerprint density at radius 2 is 2.23 bits per heavy atom. The molecule has 72 valence electrons. The average Bonchev–Trinajstić information content (AvgIpc) is 2.45. The number of hydrogen-bond donors (Lipinski definition) is 4. The SMILES string of the molecule is NC(=O)NCCNc1nnc(N)o1. The first-order valence-electron chi connectivity index (χ1n) is 3.54. The quantitative estimate of drug-likeness (QED) is 0.433. The molecule has 0 aliphatic rings. The van der Waals surface area contributed by atoms with Crippen LogP contribution in [-0.4, -0.2) is 29.3 Å². The van der Waals surface area contributed by atoms with E-state index in [4.69, 9.17) is 15.9 Å². The summed E-state index contributed by atoms with van der Waals surface area (Å²) < 4.78 is 4.79. The molecule has 8 heteroatoms. The first kappa shape index (κ1) is 9.10. The minimum absolute atomic E-state index is 0.00893. The van der Waals surface area contributed by atoms with Gasteiger partial charge in [0.1, 0.15) is 0 Å². The summed E-state index contributed by atoms with van der Waals surface area (Å²) in [6.45, 7) is 0.808. The fourth-order valence-corrected chi connectivity index (χ4v) is 0.661. The van der Waals surface area contributed by atoms with E-state index >= 15 is 0 Å². The van der Waals surface area contributed by atoms with Crippen LogP contribution >= 0.6 is 0 Å². The summed E-state index contributed by atoms with van der Waals surface area (Å²) in [7, 11) is 0. The van der Waals surface area contributed by atoms with E-state index in [9.17, 15) is 4.79 Å². The molecule has 0 saturated carbocycles. The smallest absolute Gasteiger partial charge is 0.316 e. The van der Waals surface area contributed by atoms with E-state index in [-0.39, 0.29) is 12.0 Å². The number of aromatic nitrogens is 2. The molecule has 0 aliphatic heterocycles. The molecule has 0 aromatic carbocycles. The Kier molecular flexibility index (Phi) is 2.90. The molecule has 1 aromatic rings. The van der Waals surface area contributed by atoms with Gasteiger partial charge in [-0.05, 0) is 0 Å². The Morgan fingerprint density at radius 1 is 1.46 bits per heavy atom. The number of nitrogen functional groups attached to an aromatic ring is 1. The molecule has 0 spiro atoms. The summed E-state index contributed by atoms with van der Waals surface area (Å²) in [4.78, 5) is 10.2. The molecule has 1 aromatic heterocycles. The summed E-state index contributed by atoms with van der Waals surface area (Å²) in [6, 6.07) is -0.374. The molecule has 0 unspecified atom stereocenters. The number of rotatable bonds is 4. The van der Waals surface area contributed by atoms with Crippen molar-refractivity contribution < 1.29 is 9.21 Å². The van der Waals surface area contributed by atoms with Crippen LogP contribution in [0.3, 0.4) is 0 Å². The molecule has 0 atom stereocenters. The predicted octanol–water partition coefficient (Wildman–Crippen LogP) is -1.27. The van der Waals surface area contributed by atoms with Crippen LogP contribution in [0, 0.1) is 0 Å². The van der Waals surface area contributed by atoms with Crippen molar-refractivity contribution in [2.24, 2.45) is 5.73 Å². The number of carbonyl (C=O) groups is 1. The van der Waals surface area contributed by atoms with Gasteiger partial charge in [-0.25, -0.2) is 4.79 Å². The number of urea groups is 1. The van der Waals surface area contributed by atoms with Crippen molar-refractivity contribution in [3.05, 3.63) is 0 Å². The van der Waals surface area contributed by atoms with E-state index in [0.29, 0.717) is 13.1 Å². The number of carbonyl (C=O) groups excluding carboxylic acids is 1. The number of anilines is 2. The second-order valence-electron chi connectivity index (χ2n) is 2.16. The van der Waals surface area contributed by atoms with Crippen molar-refractivity contribution in [2.75, 3.05) is 24.1 Å². The van der Waals surface area contributed by atoms with Crippen LogP contribution in [0.15, 0.2) is 4.42 Å². The van der Waals surface area contributed by atoms with E-state index in [1.54, 1.807) is 0 Å². The van der Waals surface area contributed by atoms with Crippen LogP contribution in [0.4, 0.5) is 16.8 Å². The number of amides is 2. The largest absolute Gasteiger partial charge is 0.390 e. The molecule has 8 nitrogen and oxygen atoms in total. The number of nitrogens with one attached hydrogen (secondary N) is 2. The Balaban J connectivity index is 2.16. The molecule has 1 rings (SSSR count). The standard InChI is InChI=1S/C5H10N6O2/c6-3(12)8-1-2-9-5-11-10-4(7)13-5/h1-2H2,(H2,7,10)(H,9,11)(H3,6,8,12). The Bertz CT molecular complexity index is 284. The number of hydrogen-bond acceptors (Lipinski definition) is 6. The average molecular weight is 186 g/mol. The first-order chi connectivity index (χ1) is 6.18. The Morgan fingerprint density at radius 3 is 2.77 bits per heavy atom. The minimum Gasteiger partial charge on any atom is -0.390 e. The summed E-state index contributed by atoms with van der Waals surface area (Å²) in [5, 5.41) is 12.1. The molecular formula is C5H10N6O2. The van der Waals surface area contributed by atoms with Gasteiger partial charge in [0, 0.05) is 13.1 Å². The molecule has 13 heavy (non-hydrogen) atoms. The molecule has 1 heterocycles. The maximum atomic E-state index is 10.2. The first-order valence-corrected chi connectivity index (χ1v) is 3.54. The highest BCUT2D eigenvalue weighted by Crippen LogP contribution is 2.04. The second-order valence-corrected chi connectivity index (χ2v) is 2.16. The van der Waals surface area contributed by atoms with Gasteiger partial charge in [-0.15, -0.1) is 0 Å². The molecule has 0 aliphatic carbocycles. The van der Waals surface area contributed by atoms with Gasteiger partial charge in [-0.3, -0.25) is 0 Å². The fraction of sp³-hybridized carbons (Fsp3) is 0.400. The highest BCUT2D eigenvalue weighted by atomic mass is 16.4. The van der Waals surface area contributed by atoms with E-state index in [1.165, 1.54) is 0 Å².